The number of primary amides is 1. The minimum atomic E-state index is -1.19. The van der Waals surface area contributed by atoms with E-state index in [-0.39, 0.29) is 11.3 Å². The van der Waals surface area contributed by atoms with Crippen LogP contribution in [0.25, 0.3) is 5.76 Å². The van der Waals surface area contributed by atoms with Gasteiger partial charge in [0.25, 0.3) is 5.91 Å². The molecule has 0 aliphatic rings. The Balaban J connectivity index is 3.23. The molecular formula is C9H9NO5. The van der Waals surface area contributed by atoms with Crippen LogP contribution in [0.1, 0.15) is 5.56 Å². The third kappa shape index (κ3) is 2.11. The van der Waals surface area contributed by atoms with Crippen LogP contribution < -0.4 is 5.73 Å². The van der Waals surface area contributed by atoms with Crippen LogP contribution in [0, 0.1) is 0 Å². The standard InChI is InChI=1S/C9H9NO5/c10-9(15)8(14)7(13)4-1-2-5(11)6(12)3-4/h1-3,11-14H,(H2,10,15)/b8-7+. The van der Waals surface area contributed by atoms with Crippen LogP contribution in [-0.4, -0.2) is 26.3 Å². The Labute approximate surface area is 84.5 Å². The molecule has 0 aliphatic carbocycles. The summed E-state index contributed by atoms with van der Waals surface area (Å²) in [4.78, 5) is 10.5. The Bertz CT molecular complexity index is 438. The highest BCUT2D eigenvalue weighted by atomic mass is 16.3. The third-order valence-electron chi connectivity index (χ3n) is 1.71. The SMILES string of the molecule is NC(=O)/C(O)=C(\O)c1ccc(O)c(O)c1. The molecule has 1 aromatic rings. The minimum Gasteiger partial charge on any atom is -0.504 e. The first-order valence-corrected chi connectivity index (χ1v) is 3.88. The molecule has 0 unspecified atom stereocenters. The van der Waals surface area contributed by atoms with Crippen LogP contribution in [0.3, 0.4) is 0 Å². The molecule has 80 valence electrons. The Morgan fingerprint density at radius 2 is 1.73 bits per heavy atom. The van der Waals surface area contributed by atoms with Crippen molar-refractivity contribution in [2.45, 2.75) is 0 Å². The lowest BCUT2D eigenvalue weighted by molar-refractivity contribution is -0.116. The first-order chi connectivity index (χ1) is 6.93. The summed E-state index contributed by atoms with van der Waals surface area (Å²) in [5, 5.41) is 36.4. The zero-order valence-electron chi connectivity index (χ0n) is 7.51. The normalized spacial score (nSPS) is 12.0. The number of aromatic hydroxyl groups is 2. The van der Waals surface area contributed by atoms with Crippen LogP contribution in [0.15, 0.2) is 24.0 Å². The van der Waals surface area contributed by atoms with Crippen molar-refractivity contribution in [2.24, 2.45) is 5.73 Å². The van der Waals surface area contributed by atoms with Gasteiger partial charge in [0, 0.05) is 5.56 Å². The monoisotopic (exact) mass is 211 g/mol. The number of amides is 1. The van der Waals surface area contributed by atoms with E-state index in [2.05, 4.69) is 0 Å². The maximum absolute atomic E-state index is 10.5. The van der Waals surface area contributed by atoms with Crippen LogP contribution in [0.4, 0.5) is 0 Å². The molecule has 0 atom stereocenters. The molecule has 0 radical (unpaired) electrons. The Kier molecular flexibility index (Phi) is 2.70. The van der Waals surface area contributed by atoms with E-state index in [0.717, 1.165) is 12.1 Å². The number of hydrogen-bond acceptors (Lipinski definition) is 5. The second-order valence-corrected chi connectivity index (χ2v) is 2.76. The van der Waals surface area contributed by atoms with Gasteiger partial charge in [-0.15, -0.1) is 0 Å². The van der Waals surface area contributed by atoms with Gasteiger partial charge in [-0.3, -0.25) is 4.79 Å². The largest absolute Gasteiger partial charge is 0.504 e. The molecule has 15 heavy (non-hydrogen) atoms. The number of aliphatic hydroxyl groups is 2. The second-order valence-electron chi connectivity index (χ2n) is 2.76. The van der Waals surface area contributed by atoms with Gasteiger partial charge in [0.05, 0.1) is 0 Å². The molecule has 0 heterocycles. The quantitative estimate of drug-likeness (QED) is 0.274. The van der Waals surface area contributed by atoms with E-state index in [9.17, 15) is 9.90 Å². The predicted molar refractivity (Wildman–Crippen MR) is 51.1 cm³/mol. The fourth-order valence-electron chi connectivity index (χ4n) is 0.924. The number of hydrogen-bond donors (Lipinski definition) is 5. The highest BCUT2D eigenvalue weighted by molar-refractivity contribution is 5.96. The number of rotatable bonds is 2. The summed E-state index contributed by atoms with van der Waals surface area (Å²) in [7, 11) is 0. The van der Waals surface area contributed by atoms with Crippen molar-refractivity contribution in [3.8, 4) is 11.5 Å². The summed E-state index contributed by atoms with van der Waals surface area (Å²) in [6.45, 7) is 0. The summed E-state index contributed by atoms with van der Waals surface area (Å²) >= 11 is 0. The van der Waals surface area contributed by atoms with Gasteiger partial charge in [-0.05, 0) is 18.2 Å². The van der Waals surface area contributed by atoms with Crippen molar-refractivity contribution in [3.63, 3.8) is 0 Å². The summed E-state index contributed by atoms with van der Waals surface area (Å²) < 4.78 is 0. The average Bonchev–Trinajstić information content (AvgIpc) is 2.19. The van der Waals surface area contributed by atoms with Crippen molar-refractivity contribution >= 4 is 11.7 Å². The van der Waals surface area contributed by atoms with E-state index in [4.69, 9.17) is 21.1 Å². The van der Waals surface area contributed by atoms with Gasteiger partial charge in [-0.25, -0.2) is 0 Å². The molecule has 6 N–H and O–H groups in total. The number of nitrogens with two attached hydrogens (primary N) is 1. The lowest BCUT2D eigenvalue weighted by Crippen LogP contribution is -2.15. The number of benzene rings is 1. The molecule has 0 saturated heterocycles. The van der Waals surface area contributed by atoms with Gasteiger partial charge >= 0.3 is 0 Å². The van der Waals surface area contributed by atoms with Gasteiger partial charge in [-0.1, -0.05) is 0 Å². The number of carbonyl (C=O) groups is 1. The van der Waals surface area contributed by atoms with E-state index in [1.54, 1.807) is 0 Å². The molecule has 6 nitrogen and oxygen atoms in total. The van der Waals surface area contributed by atoms with Gasteiger partial charge in [0.15, 0.2) is 17.3 Å². The zero-order valence-corrected chi connectivity index (χ0v) is 7.51. The van der Waals surface area contributed by atoms with E-state index >= 15 is 0 Å². The molecule has 1 aromatic carbocycles. The number of carbonyl (C=O) groups excluding carboxylic acids is 1. The third-order valence-corrected chi connectivity index (χ3v) is 1.71. The topological polar surface area (TPSA) is 124 Å². The summed E-state index contributed by atoms with van der Waals surface area (Å²) in [5.74, 6) is -3.85. The Morgan fingerprint density at radius 1 is 1.13 bits per heavy atom. The highest BCUT2D eigenvalue weighted by Gasteiger charge is 2.13. The molecule has 0 bridgehead atoms. The maximum atomic E-state index is 10.5. The first-order valence-electron chi connectivity index (χ1n) is 3.88. The van der Waals surface area contributed by atoms with E-state index in [0.29, 0.717) is 0 Å². The van der Waals surface area contributed by atoms with Crippen LogP contribution in [0.5, 0.6) is 11.5 Å². The summed E-state index contributed by atoms with van der Waals surface area (Å²) in [6, 6.07) is 3.27. The molecule has 0 aliphatic heterocycles. The molecular weight excluding hydrogens is 202 g/mol. The maximum Gasteiger partial charge on any atom is 0.287 e. The van der Waals surface area contributed by atoms with Gasteiger partial charge in [0.2, 0.25) is 5.76 Å². The second kappa shape index (κ2) is 3.79. The van der Waals surface area contributed by atoms with Crippen molar-refractivity contribution in [1.82, 2.24) is 0 Å². The van der Waals surface area contributed by atoms with Gasteiger partial charge in [-0.2, -0.15) is 0 Å². The first kappa shape index (κ1) is 10.7. The fraction of sp³-hybridized carbons (Fsp3) is 0. The predicted octanol–water partition coefficient (Wildman–Crippen LogP) is 0.368. The Morgan fingerprint density at radius 3 is 2.20 bits per heavy atom. The van der Waals surface area contributed by atoms with E-state index in [1.807, 2.05) is 0 Å². The number of phenolic OH excluding ortho intramolecular Hbond substituents is 2. The molecule has 0 fully saturated rings. The lowest BCUT2D eigenvalue weighted by Gasteiger charge is -2.03. The number of aliphatic hydroxyl groups excluding tert-OH is 2. The van der Waals surface area contributed by atoms with Gasteiger partial charge in [0.1, 0.15) is 0 Å². The Hall–Kier alpha value is -2.37. The summed E-state index contributed by atoms with van der Waals surface area (Å²) in [5.41, 5.74) is 4.68. The molecule has 1 rings (SSSR count). The fourth-order valence-corrected chi connectivity index (χ4v) is 0.924. The smallest absolute Gasteiger partial charge is 0.287 e. The molecule has 1 amide bonds. The lowest BCUT2D eigenvalue weighted by atomic mass is 10.1. The minimum absolute atomic E-state index is 0.0402. The molecule has 6 heteroatoms. The number of phenols is 2. The molecule has 0 aromatic heterocycles. The average molecular weight is 211 g/mol. The van der Waals surface area contributed by atoms with Crippen LogP contribution >= 0.6 is 0 Å². The van der Waals surface area contributed by atoms with Crippen molar-refractivity contribution in [1.29, 1.82) is 0 Å². The highest BCUT2D eigenvalue weighted by Crippen LogP contribution is 2.28. The summed E-state index contributed by atoms with van der Waals surface area (Å²) in [6.07, 6.45) is 0. The van der Waals surface area contributed by atoms with Crippen molar-refractivity contribution in [3.05, 3.63) is 29.5 Å². The van der Waals surface area contributed by atoms with Crippen LogP contribution in [-0.2, 0) is 4.79 Å². The molecule has 0 saturated carbocycles. The van der Waals surface area contributed by atoms with Crippen LogP contribution in [0.2, 0.25) is 0 Å². The van der Waals surface area contributed by atoms with Gasteiger partial charge < -0.3 is 26.2 Å². The van der Waals surface area contributed by atoms with Crippen molar-refractivity contribution < 1.29 is 25.2 Å². The van der Waals surface area contributed by atoms with Crippen molar-refractivity contribution in [2.75, 3.05) is 0 Å². The van der Waals surface area contributed by atoms with E-state index in [1.165, 1.54) is 6.07 Å². The zero-order chi connectivity index (χ0) is 11.6. The van der Waals surface area contributed by atoms with E-state index < -0.39 is 23.2 Å². The molecule has 0 spiro atoms.